The van der Waals surface area contributed by atoms with Gasteiger partial charge in [-0.3, -0.25) is 4.79 Å². The predicted octanol–water partition coefficient (Wildman–Crippen LogP) is 2.06. The van der Waals surface area contributed by atoms with E-state index in [2.05, 4.69) is 16.3 Å². The number of nitrogens with zero attached hydrogens (tertiary/aromatic N) is 3. The van der Waals surface area contributed by atoms with Crippen molar-refractivity contribution < 1.29 is 9.21 Å². The smallest absolute Gasteiger partial charge is 0.277 e. The average molecular weight is 275 g/mol. The van der Waals surface area contributed by atoms with Gasteiger partial charge < -0.3 is 9.32 Å². The molecule has 0 atom stereocenters. The molecule has 6 heteroatoms. The Morgan fingerprint density at radius 1 is 1.42 bits per heavy atom. The Labute approximate surface area is 115 Å². The fourth-order valence-electron chi connectivity index (χ4n) is 2.14. The maximum Gasteiger partial charge on any atom is 0.277 e. The summed E-state index contributed by atoms with van der Waals surface area (Å²) < 4.78 is 5.24. The summed E-state index contributed by atoms with van der Waals surface area (Å²) in [5, 5.41) is 8.04. The molecule has 0 aliphatic carbocycles. The van der Waals surface area contributed by atoms with Gasteiger partial charge in [0.2, 0.25) is 11.8 Å². The first-order chi connectivity index (χ1) is 9.24. The van der Waals surface area contributed by atoms with Crippen molar-refractivity contribution in [2.75, 3.05) is 17.2 Å². The first-order valence-electron chi connectivity index (χ1n) is 6.05. The molecule has 2 heterocycles. The topological polar surface area (TPSA) is 59.2 Å². The predicted molar refractivity (Wildman–Crippen MR) is 72.3 cm³/mol. The zero-order chi connectivity index (χ0) is 13.2. The standard InChI is InChI=1S/C13H13N3O2S/c1-9-14-15-13(18-9)19-8-12(17)16-7-6-10-4-2-3-5-11(10)16/h2-5H,6-8H2,1H3. The molecule has 19 heavy (non-hydrogen) atoms. The molecule has 0 radical (unpaired) electrons. The van der Waals surface area contributed by atoms with Crippen molar-refractivity contribution in [1.29, 1.82) is 0 Å². The SMILES string of the molecule is Cc1nnc(SCC(=O)N2CCc3ccccc32)o1. The molecule has 0 saturated carbocycles. The monoisotopic (exact) mass is 275 g/mol. The number of hydrogen-bond acceptors (Lipinski definition) is 5. The molecule has 98 valence electrons. The van der Waals surface area contributed by atoms with E-state index in [1.165, 1.54) is 17.3 Å². The van der Waals surface area contributed by atoms with Gasteiger partial charge in [-0.2, -0.15) is 0 Å². The Kier molecular flexibility index (Phi) is 3.25. The molecule has 0 unspecified atom stereocenters. The van der Waals surface area contributed by atoms with Crippen LogP contribution in [0.3, 0.4) is 0 Å². The van der Waals surface area contributed by atoms with E-state index in [4.69, 9.17) is 4.42 Å². The Balaban J connectivity index is 1.66. The minimum atomic E-state index is 0.0748. The van der Waals surface area contributed by atoms with E-state index in [0.29, 0.717) is 16.9 Å². The number of amides is 1. The number of thioether (sulfide) groups is 1. The third-order valence-corrected chi connectivity index (χ3v) is 3.82. The van der Waals surface area contributed by atoms with Crippen LogP contribution in [0.2, 0.25) is 0 Å². The van der Waals surface area contributed by atoms with Crippen molar-refractivity contribution in [3.05, 3.63) is 35.7 Å². The van der Waals surface area contributed by atoms with Crippen LogP contribution >= 0.6 is 11.8 Å². The lowest BCUT2D eigenvalue weighted by Crippen LogP contribution is -2.30. The van der Waals surface area contributed by atoms with Crippen molar-refractivity contribution in [2.24, 2.45) is 0 Å². The number of para-hydroxylation sites is 1. The van der Waals surface area contributed by atoms with Crippen LogP contribution < -0.4 is 4.90 Å². The van der Waals surface area contributed by atoms with Crippen LogP contribution in [-0.4, -0.2) is 28.4 Å². The normalized spacial score (nSPS) is 13.6. The number of fused-ring (bicyclic) bond motifs is 1. The lowest BCUT2D eigenvalue weighted by Gasteiger charge is -2.16. The van der Waals surface area contributed by atoms with E-state index in [9.17, 15) is 4.79 Å². The molecule has 5 nitrogen and oxygen atoms in total. The van der Waals surface area contributed by atoms with Gasteiger partial charge in [0, 0.05) is 19.2 Å². The summed E-state index contributed by atoms with van der Waals surface area (Å²) in [6, 6.07) is 8.01. The van der Waals surface area contributed by atoms with Gasteiger partial charge in [-0.1, -0.05) is 30.0 Å². The molecule has 1 aromatic carbocycles. The number of carbonyl (C=O) groups is 1. The molecule has 0 bridgehead atoms. The molecule has 1 aromatic heterocycles. The summed E-state index contributed by atoms with van der Waals surface area (Å²) in [6.45, 7) is 2.48. The van der Waals surface area contributed by atoms with Gasteiger partial charge in [0.05, 0.1) is 5.75 Å². The van der Waals surface area contributed by atoms with Gasteiger partial charge in [0.15, 0.2) is 0 Å². The molecule has 0 N–H and O–H groups in total. The number of rotatable bonds is 3. The van der Waals surface area contributed by atoms with Crippen LogP contribution in [0, 0.1) is 6.92 Å². The second kappa shape index (κ2) is 5.05. The molecule has 1 aliphatic rings. The van der Waals surface area contributed by atoms with Crippen LogP contribution in [0.4, 0.5) is 5.69 Å². The maximum atomic E-state index is 12.2. The van der Waals surface area contributed by atoms with Crippen LogP contribution in [0.5, 0.6) is 0 Å². The maximum absolute atomic E-state index is 12.2. The van der Waals surface area contributed by atoms with Gasteiger partial charge in [-0.05, 0) is 18.1 Å². The second-order valence-corrected chi connectivity index (χ2v) is 5.23. The fourth-order valence-corrected chi connectivity index (χ4v) is 2.82. The molecule has 0 fully saturated rings. The highest BCUT2D eigenvalue weighted by atomic mass is 32.2. The minimum Gasteiger partial charge on any atom is -0.416 e. The number of carbonyl (C=O) groups excluding carboxylic acids is 1. The first-order valence-corrected chi connectivity index (χ1v) is 7.04. The Morgan fingerprint density at radius 3 is 3.05 bits per heavy atom. The molecule has 0 spiro atoms. The summed E-state index contributed by atoms with van der Waals surface area (Å²) in [5.74, 6) is 0.906. The first kappa shape index (κ1) is 12.2. The van der Waals surface area contributed by atoms with Crippen molar-refractivity contribution in [2.45, 2.75) is 18.6 Å². The summed E-state index contributed by atoms with van der Waals surface area (Å²) in [7, 11) is 0. The summed E-state index contributed by atoms with van der Waals surface area (Å²) in [6.07, 6.45) is 0.923. The Morgan fingerprint density at radius 2 is 2.26 bits per heavy atom. The second-order valence-electron chi connectivity index (χ2n) is 4.30. The molecule has 3 rings (SSSR count). The largest absolute Gasteiger partial charge is 0.416 e. The molecule has 1 amide bonds. The minimum absolute atomic E-state index is 0.0748. The van der Waals surface area contributed by atoms with E-state index in [0.717, 1.165) is 18.7 Å². The zero-order valence-corrected chi connectivity index (χ0v) is 11.3. The van der Waals surface area contributed by atoms with E-state index in [1.54, 1.807) is 6.92 Å². The van der Waals surface area contributed by atoms with Crippen molar-refractivity contribution in [1.82, 2.24) is 10.2 Å². The van der Waals surface area contributed by atoms with Gasteiger partial charge in [-0.15, -0.1) is 10.2 Å². The van der Waals surface area contributed by atoms with Gasteiger partial charge in [0.25, 0.3) is 5.22 Å². The number of aryl methyl sites for hydroxylation is 1. The molecular formula is C13H13N3O2S. The summed E-state index contributed by atoms with van der Waals surface area (Å²) in [4.78, 5) is 14.0. The van der Waals surface area contributed by atoms with Gasteiger partial charge in [-0.25, -0.2) is 0 Å². The molecule has 1 aliphatic heterocycles. The number of anilines is 1. The number of hydrogen-bond donors (Lipinski definition) is 0. The third kappa shape index (κ3) is 2.49. The quantitative estimate of drug-likeness (QED) is 0.802. The average Bonchev–Trinajstić information content (AvgIpc) is 3.02. The molecule has 2 aromatic rings. The lowest BCUT2D eigenvalue weighted by molar-refractivity contribution is -0.116. The van der Waals surface area contributed by atoms with Gasteiger partial charge in [0.1, 0.15) is 0 Å². The Bertz CT molecular complexity index is 611. The number of aromatic nitrogens is 2. The van der Waals surface area contributed by atoms with Crippen molar-refractivity contribution in [3.63, 3.8) is 0 Å². The molecular weight excluding hydrogens is 262 g/mol. The van der Waals surface area contributed by atoms with E-state index in [-0.39, 0.29) is 5.91 Å². The van der Waals surface area contributed by atoms with E-state index >= 15 is 0 Å². The zero-order valence-electron chi connectivity index (χ0n) is 10.5. The van der Waals surface area contributed by atoms with Crippen molar-refractivity contribution in [3.8, 4) is 0 Å². The Hall–Kier alpha value is -1.82. The lowest BCUT2D eigenvalue weighted by atomic mass is 10.2. The van der Waals surface area contributed by atoms with Crippen LogP contribution in [-0.2, 0) is 11.2 Å². The van der Waals surface area contributed by atoms with E-state index in [1.807, 2.05) is 23.1 Å². The number of benzene rings is 1. The highest BCUT2D eigenvalue weighted by molar-refractivity contribution is 7.99. The van der Waals surface area contributed by atoms with Gasteiger partial charge >= 0.3 is 0 Å². The van der Waals surface area contributed by atoms with Crippen LogP contribution in [0.25, 0.3) is 0 Å². The third-order valence-electron chi connectivity index (χ3n) is 3.01. The van der Waals surface area contributed by atoms with Crippen molar-refractivity contribution >= 4 is 23.4 Å². The van der Waals surface area contributed by atoms with Crippen LogP contribution in [0.15, 0.2) is 33.9 Å². The van der Waals surface area contributed by atoms with E-state index < -0.39 is 0 Å². The fraction of sp³-hybridized carbons (Fsp3) is 0.308. The summed E-state index contributed by atoms with van der Waals surface area (Å²) >= 11 is 1.28. The van der Waals surface area contributed by atoms with Crippen LogP contribution in [0.1, 0.15) is 11.5 Å². The highest BCUT2D eigenvalue weighted by Gasteiger charge is 2.24. The summed E-state index contributed by atoms with van der Waals surface area (Å²) in [5.41, 5.74) is 2.25. The highest BCUT2D eigenvalue weighted by Crippen LogP contribution is 2.28. The molecule has 0 saturated heterocycles.